The summed E-state index contributed by atoms with van der Waals surface area (Å²) < 4.78 is 0. The van der Waals surface area contributed by atoms with Crippen LogP contribution in [0.25, 0.3) is 0 Å². The number of nitrogens with one attached hydrogen (secondary N) is 1. The molecular formula is C21H28N2O2. The maximum absolute atomic E-state index is 13.0. The molecule has 0 fully saturated rings. The zero-order chi connectivity index (χ0) is 18.3. The van der Waals surface area contributed by atoms with Crippen molar-refractivity contribution in [1.29, 1.82) is 0 Å². The molecule has 0 spiro atoms. The molecule has 25 heavy (non-hydrogen) atoms. The molecule has 134 valence electrons. The Balaban J connectivity index is 2.52. The van der Waals surface area contributed by atoms with Crippen LogP contribution in [0.5, 0.6) is 0 Å². The molecule has 2 atom stereocenters. The van der Waals surface area contributed by atoms with Crippen LogP contribution in [0.3, 0.4) is 0 Å². The molecule has 2 N–H and O–H groups in total. The molecule has 0 saturated carbocycles. The lowest BCUT2D eigenvalue weighted by atomic mass is 9.69. The molecule has 2 aromatic rings. The standard InChI is InChI=1S/C21H28N2O2/c1-22-20(25)21(15-10-16-23(2)3,18-13-8-5-9-14-18)19(24)17-11-6-4-7-12-17/h4-9,11-14,19,24H,10,15-16H2,1-3H3,(H,22,25). The normalized spacial score (nSPS) is 14.8. The molecule has 0 bridgehead atoms. The predicted molar refractivity (Wildman–Crippen MR) is 101 cm³/mol. The first-order chi connectivity index (χ1) is 12.0. The van der Waals surface area contributed by atoms with Crippen molar-refractivity contribution in [1.82, 2.24) is 10.2 Å². The summed E-state index contributed by atoms with van der Waals surface area (Å²) in [6.45, 7) is 0.854. The summed E-state index contributed by atoms with van der Waals surface area (Å²) in [5.74, 6) is -0.159. The molecule has 0 saturated heterocycles. The van der Waals surface area contributed by atoms with E-state index in [0.717, 1.165) is 24.1 Å². The van der Waals surface area contributed by atoms with E-state index in [1.165, 1.54) is 0 Å². The molecule has 2 aromatic carbocycles. The summed E-state index contributed by atoms with van der Waals surface area (Å²) in [6, 6.07) is 19.0. The Morgan fingerprint density at radius 2 is 1.64 bits per heavy atom. The van der Waals surface area contributed by atoms with Gasteiger partial charge < -0.3 is 15.3 Å². The second kappa shape index (κ2) is 8.79. The smallest absolute Gasteiger partial charge is 0.233 e. The molecule has 4 heteroatoms. The van der Waals surface area contributed by atoms with Gasteiger partial charge in [-0.05, 0) is 44.6 Å². The zero-order valence-electron chi connectivity index (χ0n) is 15.3. The third-order valence-corrected chi connectivity index (χ3v) is 4.68. The first kappa shape index (κ1) is 19.2. The van der Waals surface area contributed by atoms with Crippen molar-refractivity contribution in [2.45, 2.75) is 24.4 Å². The fourth-order valence-corrected chi connectivity index (χ4v) is 3.36. The highest BCUT2D eigenvalue weighted by Gasteiger charge is 2.46. The van der Waals surface area contributed by atoms with Gasteiger partial charge >= 0.3 is 0 Å². The Morgan fingerprint density at radius 1 is 1.08 bits per heavy atom. The van der Waals surface area contributed by atoms with Crippen LogP contribution in [0.15, 0.2) is 60.7 Å². The van der Waals surface area contributed by atoms with E-state index in [4.69, 9.17) is 0 Å². The number of carbonyl (C=O) groups is 1. The van der Waals surface area contributed by atoms with E-state index < -0.39 is 11.5 Å². The predicted octanol–water partition coefficient (Wildman–Crippen LogP) is 2.75. The van der Waals surface area contributed by atoms with Crippen molar-refractivity contribution in [3.05, 3.63) is 71.8 Å². The van der Waals surface area contributed by atoms with Gasteiger partial charge in [-0.15, -0.1) is 0 Å². The van der Waals surface area contributed by atoms with E-state index in [2.05, 4.69) is 10.2 Å². The van der Waals surface area contributed by atoms with Gasteiger partial charge in [-0.25, -0.2) is 0 Å². The van der Waals surface area contributed by atoms with Crippen LogP contribution >= 0.6 is 0 Å². The van der Waals surface area contributed by atoms with Crippen LogP contribution < -0.4 is 5.32 Å². The quantitative estimate of drug-likeness (QED) is 0.777. The maximum atomic E-state index is 13.0. The Kier molecular flexibility index (Phi) is 6.73. The first-order valence-corrected chi connectivity index (χ1v) is 8.68. The fourth-order valence-electron chi connectivity index (χ4n) is 3.36. The molecule has 0 radical (unpaired) electrons. The minimum Gasteiger partial charge on any atom is -0.387 e. The van der Waals surface area contributed by atoms with Crippen LogP contribution in [0.1, 0.15) is 30.1 Å². The minimum absolute atomic E-state index is 0.159. The van der Waals surface area contributed by atoms with Crippen LogP contribution in [0, 0.1) is 0 Å². The Bertz CT molecular complexity index is 658. The summed E-state index contributed by atoms with van der Waals surface area (Å²) in [5, 5.41) is 14.1. The highest BCUT2D eigenvalue weighted by atomic mass is 16.3. The monoisotopic (exact) mass is 340 g/mol. The summed E-state index contributed by atoms with van der Waals surface area (Å²) in [4.78, 5) is 15.1. The number of hydrogen-bond donors (Lipinski definition) is 2. The summed E-state index contributed by atoms with van der Waals surface area (Å²) in [7, 11) is 5.65. The molecule has 0 aliphatic carbocycles. The lowest BCUT2D eigenvalue weighted by Gasteiger charge is -2.37. The first-order valence-electron chi connectivity index (χ1n) is 8.68. The average molecular weight is 340 g/mol. The zero-order valence-corrected chi connectivity index (χ0v) is 15.3. The van der Waals surface area contributed by atoms with Crippen molar-refractivity contribution in [3.8, 4) is 0 Å². The molecule has 0 aromatic heterocycles. The third kappa shape index (κ3) is 4.27. The second-order valence-corrected chi connectivity index (χ2v) is 6.64. The topological polar surface area (TPSA) is 52.6 Å². The largest absolute Gasteiger partial charge is 0.387 e. The third-order valence-electron chi connectivity index (χ3n) is 4.68. The second-order valence-electron chi connectivity index (χ2n) is 6.64. The number of amides is 1. The number of likely N-dealkylation sites (N-methyl/N-ethyl adjacent to an activating group) is 1. The number of aliphatic hydroxyl groups is 1. The molecule has 2 unspecified atom stereocenters. The molecule has 0 heterocycles. The maximum Gasteiger partial charge on any atom is 0.233 e. The number of nitrogens with zero attached hydrogens (tertiary/aromatic N) is 1. The lowest BCUT2D eigenvalue weighted by Crippen LogP contribution is -2.48. The fraction of sp³-hybridized carbons (Fsp3) is 0.381. The summed E-state index contributed by atoms with van der Waals surface area (Å²) in [5.41, 5.74) is 0.567. The van der Waals surface area contributed by atoms with Crippen LogP contribution in [0.2, 0.25) is 0 Å². The van der Waals surface area contributed by atoms with E-state index in [1.54, 1.807) is 7.05 Å². The Hall–Kier alpha value is -2.17. The van der Waals surface area contributed by atoms with E-state index in [-0.39, 0.29) is 5.91 Å². The van der Waals surface area contributed by atoms with Crippen LogP contribution in [-0.4, -0.2) is 43.6 Å². The number of carbonyl (C=O) groups excluding carboxylic acids is 1. The van der Waals surface area contributed by atoms with Crippen molar-refractivity contribution in [2.75, 3.05) is 27.7 Å². The van der Waals surface area contributed by atoms with Crippen molar-refractivity contribution >= 4 is 5.91 Å². The van der Waals surface area contributed by atoms with E-state index in [9.17, 15) is 9.90 Å². The van der Waals surface area contributed by atoms with Gasteiger partial charge in [0.15, 0.2) is 0 Å². The summed E-state index contributed by atoms with van der Waals surface area (Å²) >= 11 is 0. The van der Waals surface area contributed by atoms with Crippen molar-refractivity contribution < 1.29 is 9.90 Å². The van der Waals surface area contributed by atoms with E-state index >= 15 is 0 Å². The molecular weight excluding hydrogens is 312 g/mol. The summed E-state index contributed by atoms with van der Waals surface area (Å²) in [6.07, 6.45) is 0.447. The molecule has 0 aliphatic heterocycles. The molecule has 0 aliphatic rings. The molecule has 4 nitrogen and oxygen atoms in total. The van der Waals surface area contributed by atoms with Gasteiger partial charge in [0.2, 0.25) is 5.91 Å². The number of rotatable bonds is 8. The van der Waals surface area contributed by atoms with Crippen molar-refractivity contribution in [3.63, 3.8) is 0 Å². The number of benzene rings is 2. The van der Waals surface area contributed by atoms with Crippen molar-refractivity contribution in [2.24, 2.45) is 0 Å². The highest BCUT2D eigenvalue weighted by Crippen LogP contribution is 2.41. The highest BCUT2D eigenvalue weighted by molar-refractivity contribution is 5.89. The van der Waals surface area contributed by atoms with Crippen LogP contribution in [0.4, 0.5) is 0 Å². The lowest BCUT2D eigenvalue weighted by molar-refractivity contribution is -0.131. The SMILES string of the molecule is CNC(=O)C(CCCN(C)C)(c1ccccc1)C(O)c1ccccc1. The van der Waals surface area contributed by atoms with Crippen LogP contribution in [-0.2, 0) is 10.2 Å². The van der Waals surface area contributed by atoms with Gasteiger partial charge in [0.1, 0.15) is 5.41 Å². The van der Waals surface area contributed by atoms with E-state index in [1.807, 2.05) is 74.8 Å². The van der Waals surface area contributed by atoms with Gasteiger partial charge in [-0.2, -0.15) is 0 Å². The molecule has 1 amide bonds. The van der Waals surface area contributed by atoms with Gasteiger partial charge in [0.05, 0.1) is 6.10 Å². The Labute approximate surface area is 150 Å². The number of hydrogen-bond acceptors (Lipinski definition) is 3. The van der Waals surface area contributed by atoms with Gasteiger partial charge in [0, 0.05) is 7.05 Å². The number of aliphatic hydroxyl groups excluding tert-OH is 1. The van der Waals surface area contributed by atoms with Gasteiger partial charge in [0.25, 0.3) is 0 Å². The van der Waals surface area contributed by atoms with Gasteiger partial charge in [-0.3, -0.25) is 4.79 Å². The average Bonchev–Trinajstić information content (AvgIpc) is 2.65. The van der Waals surface area contributed by atoms with E-state index in [0.29, 0.717) is 6.42 Å². The minimum atomic E-state index is -1.02. The van der Waals surface area contributed by atoms with Gasteiger partial charge in [-0.1, -0.05) is 60.7 Å². The Morgan fingerprint density at radius 3 is 2.16 bits per heavy atom. The molecule has 2 rings (SSSR count).